The molecule has 0 aromatic heterocycles. The van der Waals surface area contributed by atoms with Crippen molar-refractivity contribution in [2.45, 2.75) is 18.9 Å². The first kappa shape index (κ1) is 13.9. The number of para-hydroxylation sites is 1. The van der Waals surface area contributed by atoms with E-state index in [0.717, 1.165) is 0 Å². The fourth-order valence-corrected chi connectivity index (χ4v) is 2.91. The van der Waals surface area contributed by atoms with Gasteiger partial charge in [-0.05, 0) is 48.2 Å². The fraction of sp³-hybridized carbons (Fsp3) is 0.188. The van der Waals surface area contributed by atoms with Crippen molar-refractivity contribution in [1.82, 2.24) is 5.32 Å². The lowest BCUT2D eigenvalue weighted by Gasteiger charge is -2.15. The van der Waals surface area contributed by atoms with Gasteiger partial charge in [0.2, 0.25) is 0 Å². The number of rotatable bonds is 2. The second kappa shape index (κ2) is 5.37. The van der Waals surface area contributed by atoms with Crippen LogP contribution in [0.2, 0.25) is 5.02 Å². The van der Waals surface area contributed by atoms with Gasteiger partial charge >= 0.3 is 0 Å². The summed E-state index contributed by atoms with van der Waals surface area (Å²) in [5.41, 5.74) is 1.51. The summed E-state index contributed by atoms with van der Waals surface area (Å²) in [5, 5.41) is 12.8. The molecule has 0 aliphatic heterocycles. The molecule has 0 heterocycles. The number of carbonyl (C=O) groups excluding carboxylic acids is 1. The SMILES string of the molecule is O=C(N[C@@H]1CCc2c(F)cc(Cl)cc21)c1ccccc1O. The standard InChI is InChI=1S/C16H13ClFNO2/c17-9-7-12-10(13(18)8-9)5-6-14(12)19-16(21)11-3-1-2-4-15(11)20/h1-4,7-8,14,20H,5-6H2,(H,19,21)/t14-/m1/s1. The zero-order valence-corrected chi connectivity index (χ0v) is 11.8. The molecule has 108 valence electrons. The smallest absolute Gasteiger partial charge is 0.255 e. The summed E-state index contributed by atoms with van der Waals surface area (Å²) in [6.07, 6.45) is 1.18. The molecule has 0 saturated heterocycles. The average molecular weight is 306 g/mol. The van der Waals surface area contributed by atoms with Crippen LogP contribution in [0.5, 0.6) is 5.75 Å². The Morgan fingerprint density at radius 2 is 2.10 bits per heavy atom. The minimum Gasteiger partial charge on any atom is -0.507 e. The molecule has 3 rings (SSSR count). The Hall–Kier alpha value is -2.07. The fourth-order valence-electron chi connectivity index (χ4n) is 2.69. The Labute approximate surface area is 126 Å². The third-order valence-corrected chi connectivity index (χ3v) is 3.93. The van der Waals surface area contributed by atoms with E-state index >= 15 is 0 Å². The molecule has 0 unspecified atom stereocenters. The van der Waals surface area contributed by atoms with Gasteiger partial charge in [0.1, 0.15) is 11.6 Å². The van der Waals surface area contributed by atoms with Crippen LogP contribution >= 0.6 is 11.6 Å². The summed E-state index contributed by atoms with van der Waals surface area (Å²) in [6.45, 7) is 0. The van der Waals surface area contributed by atoms with Gasteiger partial charge < -0.3 is 10.4 Å². The molecule has 2 N–H and O–H groups in total. The maximum absolute atomic E-state index is 13.8. The number of hydrogen-bond acceptors (Lipinski definition) is 2. The van der Waals surface area contributed by atoms with E-state index in [2.05, 4.69) is 5.32 Å². The van der Waals surface area contributed by atoms with Crippen LogP contribution in [0, 0.1) is 5.82 Å². The van der Waals surface area contributed by atoms with Crippen molar-refractivity contribution in [3.8, 4) is 5.75 Å². The lowest BCUT2D eigenvalue weighted by molar-refractivity contribution is 0.0934. The maximum Gasteiger partial charge on any atom is 0.255 e. The van der Waals surface area contributed by atoms with Crippen molar-refractivity contribution in [2.24, 2.45) is 0 Å². The van der Waals surface area contributed by atoms with Gasteiger partial charge in [-0.15, -0.1) is 0 Å². The molecule has 0 fully saturated rings. The molecule has 1 aliphatic carbocycles. The van der Waals surface area contributed by atoms with E-state index in [4.69, 9.17) is 11.6 Å². The van der Waals surface area contributed by atoms with Crippen LogP contribution in [0.4, 0.5) is 4.39 Å². The molecule has 0 spiro atoms. The van der Waals surface area contributed by atoms with Crippen LogP contribution in [-0.2, 0) is 6.42 Å². The third kappa shape index (κ3) is 2.59. The van der Waals surface area contributed by atoms with Crippen molar-refractivity contribution in [2.75, 3.05) is 0 Å². The first-order valence-electron chi connectivity index (χ1n) is 6.63. The largest absolute Gasteiger partial charge is 0.507 e. The number of phenolic OH excluding ortho intramolecular Hbond substituents is 1. The summed E-state index contributed by atoms with van der Waals surface area (Å²) >= 11 is 5.88. The van der Waals surface area contributed by atoms with Gasteiger partial charge in [-0.25, -0.2) is 4.39 Å². The van der Waals surface area contributed by atoms with Crippen molar-refractivity contribution >= 4 is 17.5 Å². The molecule has 21 heavy (non-hydrogen) atoms. The Balaban J connectivity index is 1.86. The number of phenols is 1. The topological polar surface area (TPSA) is 49.3 Å². The normalized spacial score (nSPS) is 16.6. The number of nitrogens with one attached hydrogen (secondary N) is 1. The van der Waals surface area contributed by atoms with Gasteiger partial charge in [-0.2, -0.15) is 0 Å². The molecule has 2 aromatic carbocycles. The summed E-state index contributed by atoms with van der Waals surface area (Å²) < 4.78 is 13.8. The van der Waals surface area contributed by atoms with Crippen LogP contribution in [-0.4, -0.2) is 11.0 Å². The summed E-state index contributed by atoms with van der Waals surface area (Å²) in [5.74, 6) is -0.798. The van der Waals surface area contributed by atoms with E-state index in [0.29, 0.717) is 29.0 Å². The summed E-state index contributed by atoms with van der Waals surface area (Å²) in [4.78, 5) is 12.2. The molecule has 5 heteroatoms. The van der Waals surface area contributed by atoms with E-state index < -0.39 is 0 Å². The lowest BCUT2D eigenvalue weighted by atomic mass is 10.1. The zero-order valence-electron chi connectivity index (χ0n) is 11.1. The third-order valence-electron chi connectivity index (χ3n) is 3.71. The highest BCUT2D eigenvalue weighted by molar-refractivity contribution is 6.30. The minimum atomic E-state index is -0.383. The number of amides is 1. The first-order valence-corrected chi connectivity index (χ1v) is 7.00. The number of halogens is 2. The predicted molar refractivity (Wildman–Crippen MR) is 78.0 cm³/mol. The molecular formula is C16H13ClFNO2. The Morgan fingerprint density at radius 1 is 1.33 bits per heavy atom. The minimum absolute atomic E-state index is 0.0782. The van der Waals surface area contributed by atoms with Crippen LogP contribution in [0.15, 0.2) is 36.4 Å². The summed E-state index contributed by atoms with van der Waals surface area (Å²) in [7, 11) is 0. The van der Waals surface area contributed by atoms with E-state index in [1.165, 1.54) is 12.1 Å². The predicted octanol–water partition coefficient (Wildman–Crippen LogP) is 3.60. The first-order chi connectivity index (χ1) is 10.1. The van der Waals surface area contributed by atoms with E-state index in [9.17, 15) is 14.3 Å². The molecule has 0 bridgehead atoms. The van der Waals surface area contributed by atoms with Gasteiger partial charge in [0.15, 0.2) is 0 Å². The zero-order chi connectivity index (χ0) is 15.0. The Kier molecular flexibility index (Phi) is 3.55. The molecule has 1 amide bonds. The quantitative estimate of drug-likeness (QED) is 0.890. The van der Waals surface area contributed by atoms with Gasteiger partial charge in [0, 0.05) is 5.02 Å². The average Bonchev–Trinajstić information content (AvgIpc) is 2.82. The molecule has 0 saturated carbocycles. The Morgan fingerprint density at radius 3 is 2.86 bits per heavy atom. The highest BCUT2D eigenvalue weighted by atomic mass is 35.5. The molecule has 0 radical (unpaired) electrons. The number of fused-ring (bicyclic) bond motifs is 1. The van der Waals surface area contributed by atoms with Crippen molar-refractivity contribution in [3.63, 3.8) is 0 Å². The van der Waals surface area contributed by atoms with Crippen molar-refractivity contribution < 1.29 is 14.3 Å². The summed E-state index contributed by atoms with van der Waals surface area (Å²) in [6, 6.07) is 8.99. The van der Waals surface area contributed by atoms with Crippen molar-refractivity contribution in [3.05, 3.63) is 63.9 Å². The Bertz CT molecular complexity index is 717. The van der Waals surface area contributed by atoms with Crippen LogP contribution < -0.4 is 5.32 Å². The molecule has 1 aliphatic rings. The molecule has 3 nitrogen and oxygen atoms in total. The number of benzene rings is 2. The van der Waals surface area contributed by atoms with E-state index in [1.54, 1.807) is 24.3 Å². The second-order valence-corrected chi connectivity index (χ2v) is 5.47. The van der Waals surface area contributed by atoms with Crippen LogP contribution in [0.1, 0.15) is 33.9 Å². The monoisotopic (exact) mass is 305 g/mol. The number of hydrogen-bond donors (Lipinski definition) is 2. The highest BCUT2D eigenvalue weighted by Crippen LogP contribution is 2.35. The van der Waals surface area contributed by atoms with Crippen LogP contribution in [0.3, 0.4) is 0 Å². The van der Waals surface area contributed by atoms with Gasteiger partial charge in [-0.3, -0.25) is 4.79 Å². The lowest BCUT2D eigenvalue weighted by Crippen LogP contribution is -2.27. The maximum atomic E-state index is 13.8. The van der Waals surface area contributed by atoms with Gasteiger partial charge in [0.25, 0.3) is 5.91 Å². The van der Waals surface area contributed by atoms with Crippen molar-refractivity contribution in [1.29, 1.82) is 0 Å². The number of carbonyl (C=O) groups is 1. The molecule has 1 atom stereocenters. The highest BCUT2D eigenvalue weighted by Gasteiger charge is 2.27. The van der Waals surface area contributed by atoms with E-state index in [1.807, 2.05) is 0 Å². The van der Waals surface area contributed by atoms with Gasteiger partial charge in [0.05, 0.1) is 11.6 Å². The molecule has 2 aromatic rings. The van der Waals surface area contributed by atoms with Gasteiger partial charge in [-0.1, -0.05) is 23.7 Å². The van der Waals surface area contributed by atoms with Crippen LogP contribution in [0.25, 0.3) is 0 Å². The van der Waals surface area contributed by atoms with E-state index in [-0.39, 0.29) is 29.1 Å². The second-order valence-electron chi connectivity index (χ2n) is 5.04. The number of aromatic hydroxyl groups is 1. The molecular weight excluding hydrogens is 293 g/mol.